The van der Waals surface area contributed by atoms with Crippen LogP contribution in [0.2, 0.25) is 5.02 Å². The summed E-state index contributed by atoms with van der Waals surface area (Å²) in [5.41, 5.74) is 1.23. The number of halogens is 2. The molecule has 0 fully saturated rings. The first-order chi connectivity index (χ1) is 9.42. The summed E-state index contributed by atoms with van der Waals surface area (Å²) in [5.74, 6) is 0.230. The molecular weight excluding hydrogens is 329 g/mol. The Morgan fingerprint density at radius 1 is 1.29 bits per heavy atom. The maximum absolute atomic E-state index is 12.9. The molecule has 0 aliphatic carbocycles. The first kappa shape index (κ1) is 18.8. The van der Waals surface area contributed by atoms with Crippen molar-refractivity contribution in [2.24, 2.45) is 5.41 Å². The molecular formula is C15H23Cl2NO2S. The highest BCUT2D eigenvalue weighted by molar-refractivity contribution is 7.89. The molecule has 1 atom stereocenters. The molecule has 3 nitrogen and oxygen atoms in total. The van der Waals surface area contributed by atoms with Crippen LogP contribution in [0.25, 0.3) is 0 Å². The Bertz CT molecular complexity index is 621. The van der Waals surface area contributed by atoms with Gasteiger partial charge in [-0.3, -0.25) is 0 Å². The van der Waals surface area contributed by atoms with Crippen molar-refractivity contribution < 1.29 is 8.42 Å². The largest absolute Gasteiger partial charge is 0.243 e. The molecule has 0 aromatic heterocycles. The van der Waals surface area contributed by atoms with Crippen LogP contribution in [0.1, 0.15) is 38.8 Å². The third kappa shape index (κ3) is 3.92. The molecule has 1 unspecified atom stereocenters. The molecule has 0 heterocycles. The first-order valence-electron chi connectivity index (χ1n) is 6.76. The van der Waals surface area contributed by atoms with Gasteiger partial charge in [0.25, 0.3) is 0 Å². The molecule has 0 spiro atoms. The quantitative estimate of drug-likeness (QED) is 0.751. The number of nitrogens with zero attached hydrogens (tertiary/aromatic N) is 1. The molecule has 0 saturated carbocycles. The van der Waals surface area contributed by atoms with E-state index in [2.05, 4.69) is 0 Å². The van der Waals surface area contributed by atoms with Gasteiger partial charge in [-0.25, -0.2) is 8.42 Å². The van der Waals surface area contributed by atoms with Gasteiger partial charge < -0.3 is 0 Å². The standard InChI is InChI=1S/C15H23Cl2NO2S/c1-10-12(9-16)7-13(17)8-14(10)21(19,20)18(6)11(2)15(3,4)5/h7-8,11H,9H2,1-6H3. The van der Waals surface area contributed by atoms with Crippen LogP contribution in [0, 0.1) is 12.3 Å². The molecule has 1 rings (SSSR count). The number of alkyl halides is 1. The molecule has 0 N–H and O–H groups in total. The second kappa shape index (κ2) is 6.45. The van der Waals surface area contributed by atoms with Crippen LogP contribution in [0.5, 0.6) is 0 Å². The van der Waals surface area contributed by atoms with Gasteiger partial charge in [-0.05, 0) is 42.5 Å². The van der Waals surface area contributed by atoms with Crippen LogP contribution in [0.15, 0.2) is 17.0 Å². The van der Waals surface area contributed by atoms with Crippen molar-refractivity contribution in [1.82, 2.24) is 4.31 Å². The Labute approximate surface area is 138 Å². The van der Waals surface area contributed by atoms with Crippen LogP contribution in [0.3, 0.4) is 0 Å². The number of benzene rings is 1. The lowest BCUT2D eigenvalue weighted by atomic mass is 9.88. The lowest BCUT2D eigenvalue weighted by Crippen LogP contribution is -2.43. The maximum atomic E-state index is 12.9. The van der Waals surface area contributed by atoms with Crippen molar-refractivity contribution in [1.29, 1.82) is 0 Å². The minimum absolute atomic E-state index is 0.152. The Morgan fingerprint density at radius 2 is 1.81 bits per heavy atom. The van der Waals surface area contributed by atoms with E-state index >= 15 is 0 Å². The van der Waals surface area contributed by atoms with Gasteiger partial charge in [0.05, 0.1) is 4.90 Å². The maximum Gasteiger partial charge on any atom is 0.243 e. The van der Waals surface area contributed by atoms with Gasteiger partial charge in [0, 0.05) is 24.0 Å². The van der Waals surface area contributed by atoms with Crippen LogP contribution in [-0.2, 0) is 15.9 Å². The predicted octanol–water partition coefficient (Wildman–Crippen LogP) is 4.44. The highest BCUT2D eigenvalue weighted by Crippen LogP contribution is 2.31. The van der Waals surface area contributed by atoms with Gasteiger partial charge in [0.1, 0.15) is 0 Å². The lowest BCUT2D eigenvalue weighted by molar-refractivity contribution is 0.216. The summed E-state index contributed by atoms with van der Waals surface area (Å²) < 4.78 is 27.2. The van der Waals surface area contributed by atoms with Gasteiger partial charge >= 0.3 is 0 Å². The van der Waals surface area contributed by atoms with Gasteiger partial charge in [-0.1, -0.05) is 32.4 Å². The predicted molar refractivity (Wildman–Crippen MR) is 89.6 cm³/mol. The molecule has 21 heavy (non-hydrogen) atoms. The number of rotatable bonds is 4. The monoisotopic (exact) mass is 351 g/mol. The van der Waals surface area contributed by atoms with Crippen LogP contribution in [-0.4, -0.2) is 25.8 Å². The van der Waals surface area contributed by atoms with Crippen molar-refractivity contribution >= 4 is 33.2 Å². The van der Waals surface area contributed by atoms with Crippen molar-refractivity contribution in [3.05, 3.63) is 28.3 Å². The third-order valence-corrected chi connectivity index (χ3v) is 6.59. The van der Waals surface area contributed by atoms with Crippen molar-refractivity contribution in [2.45, 2.75) is 51.4 Å². The Hall–Kier alpha value is -0.290. The molecule has 6 heteroatoms. The second-order valence-corrected chi connectivity index (χ2v) is 9.05. The van der Waals surface area contributed by atoms with Crippen molar-refractivity contribution in [2.75, 3.05) is 7.05 Å². The summed E-state index contributed by atoms with van der Waals surface area (Å²) in [6.45, 7) is 9.70. The van der Waals surface area contributed by atoms with Gasteiger partial charge in [0.15, 0.2) is 0 Å². The molecule has 0 saturated heterocycles. The van der Waals surface area contributed by atoms with E-state index in [1.165, 1.54) is 10.4 Å². The summed E-state index contributed by atoms with van der Waals surface area (Å²) in [6.07, 6.45) is 0. The van der Waals surface area contributed by atoms with E-state index in [1.807, 2.05) is 27.7 Å². The third-order valence-electron chi connectivity index (χ3n) is 4.03. The lowest BCUT2D eigenvalue weighted by Gasteiger charge is -2.35. The van der Waals surface area contributed by atoms with E-state index in [0.717, 1.165) is 5.56 Å². The van der Waals surface area contributed by atoms with Gasteiger partial charge in [-0.2, -0.15) is 4.31 Å². The summed E-state index contributed by atoms with van der Waals surface area (Å²) in [5, 5.41) is 0.381. The van der Waals surface area contributed by atoms with Crippen LogP contribution >= 0.6 is 23.2 Å². The van der Waals surface area contributed by atoms with Crippen molar-refractivity contribution in [3.8, 4) is 0 Å². The summed E-state index contributed by atoms with van der Waals surface area (Å²) in [6, 6.07) is 3.05. The Kier molecular flexibility index (Phi) is 5.76. The number of hydrogen-bond donors (Lipinski definition) is 0. The zero-order chi connectivity index (χ0) is 16.6. The molecule has 1 aromatic rings. The highest BCUT2D eigenvalue weighted by atomic mass is 35.5. The summed E-state index contributed by atoms with van der Waals surface area (Å²) in [7, 11) is -2.01. The molecule has 0 amide bonds. The summed E-state index contributed by atoms with van der Waals surface area (Å²) in [4.78, 5) is 0.226. The van der Waals surface area contributed by atoms with Gasteiger partial charge in [0.2, 0.25) is 10.0 Å². The molecule has 0 bridgehead atoms. The topological polar surface area (TPSA) is 37.4 Å². The van der Waals surface area contributed by atoms with Crippen LogP contribution < -0.4 is 0 Å². The Balaban J connectivity index is 3.42. The molecule has 1 aromatic carbocycles. The first-order valence-corrected chi connectivity index (χ1v) is 9.11. The number of sulfonamides is 1. The average Bonchev–Trinajstić information content (AvgIpc) is 2.37. The SMILES string of the molecule is Cc1c(CCl)cc(Cl)cc1S(=O)(=O)N(C)C(C)C(C)(C)C. The molecule has 120 valence electrons. The normalized spacial score (nSPS) is 14.5. The number of hydrogen-bond acceptors (Lipinski definition) is 2. The molecule has 0 aliphatic rings. The van der Waals surface area contributed by atoms with Gasteiger partial charge in [-0.15, -0.1) is 11.6 Å². The zero-order valence-corrected chi connectivity index (χ0v) is 15.7. The van der Waals surface area contributed by atoms with Crippen LogP contribution in [0.4, 0.5) is 0 Å². The fourth-order valence-corrected chi connectivity index (χ4v) is 4.44. The van der Waals surface area contributed by atoms with E-state index < -0.39 is 10.0 Å². The molecule has 0 aliphatic heterocycles. The minimum atomic E-state index is -3.62. The van der Waals surface area contributed by atoms with E-state index in [1.54, 1.807) is 20.0 Å². The average molecular weight is 352 g/mol. The second-order valence-electron chi connectivity index (χ2n) is 6.38. The smallest absolute Gasteiger partial charge is 0.207 e. The van der Waals surface area contributed by atoms with E-state index in [9.17, 15) is 8.42 Å². The van der Waals surface area contributed by atoms with E-state index in [0.29, 0.717) is 10.6 Å². The van der Waals surface area contributed by atoms with E-state index in [4.69, 9.17) is 23.2 Å². The van der Waals surface area contributed by atoms with E-state index in [-0.39, 0.29) is 22.2 Å². The minimum Gasteiger partial charge on any atom is -0.207 e. The molecule has 0 radical (unpaired) electrons. The Morgan fingerprint density at radius 3 is 2.24 bits per heavy atom. The fourth-order valence-electron chi connectivity index (χ4n) is 2.02. The summed E-state index contributed by atoms with van der Waals surface area (Å²) >= 11 is 11.9. The van der Waals surface area contributed by atoms with Crippen molar-refractivity contribution in [3.63, 3.8) is 0 Å². The zero-order valence-electron chi connectivity index (χ0n) is 13.4. The highest BCUT2D eigenvalue weighted by Gasteiger charge is 2.33. The fraction of sp³-hybridized carbons (Fsp3) is 0.600.